The first-order valence-corrected chi connectivity index (χ1v) is 10.4. The molecule has 0 bridgehead atoms. The number of likely N-dealkylation sites (N-methyl/N-ethyl adjacent to an activating group) is 1. The maximum atomic E-state index is 12.7. The Bertz CT molecular complexity index is 1040. The lowest BCUT2D eigenvalue weighted by molar-refractivity contribution is 0.0905. The van der Waals surface area contributed by atoms with Crippen molar-refractivity contribution < 1.29 is 9.21 Å². The number of amides is 1. The van der Waals surface area contributed by atoms with Gasteiger partial charge < -0.3 is 14.3 Å². The molecule has 0 aliphatic rings. The predicted octanol–water partition coefficient (Wildman–Crippen LogP) is 3.96. The molecule has 1 atom stereocenters. The number of rotatable bonds is 9. The molecule has 0 saturated carbocycles. The number of halogens is 1. The Kier molecular flexibility index (Phi) is 7.49. The van der Waals surface area contributed by atoms with Gasteiger partial charge in [-0.15, -0.1) is 0 Å². The molecule has 0 aliphatic heterocycles. The molecule has 0 fully saturated rings. The molecule has 1 N–H and O–H groups in total. The maximum Gasteiger partial charge on any atom is 0.287 e. The lowest BCUT2D eigenvalue weighted by atomic mass is 10.0. The summed E-state index contributed by atoms with van der Waals surface area (Å²) in [6.07, 6.45) is 1.68. The van der Waals surface area contributed by atoms with Gasteiger partial charge in [-0.05, 0) is 42.9 Å². The van der Waals surface area contributed by atoms with E-state index in [0.717, 1.165) is 18.7 Å². The van der Waals surface area contributed by atoms with Gasteiger partial charge in [0.2, 0.25) is 0 Å². The van der Waals surface area contributed by atoms with Crippen molar-refractivity contribution in [2.45, 2.75) is 26.4 Å². The van der Waals surface area contributed by atoms with Gasteiger partial charge in [0.15, 0.2) is 5.76 Å². The largest absolute Gasteiger partial charge is 0.454 e. The number of carbonyl (C=O) groups excluding carboxylic acids is 1. The highest BCUT2D eigenvalue weighted by Crippen LogP contribution is 2.27. The van der Waals surface area contributed by atoms with E-state index in [0.29, 0.717) is 17.3 Å². The minimum Gasteiger partial charge on any atom is -0.454 e. The van der Waals surface area contributed by atoms with Crippen LogP contribution in [0, 0.1) is 0 Å². The summed E-state index contributed by atoms with van der Waals surface area (Å²) in [5, 5.41) is 3.64. The third-order valence-corrected chi connectivity index (χ3v) is 5.43. The van der Waals surface area contributed by atoms with Crippen LogP contribution >= 0.6 is 11.6 Å². The highest BCUT2D eigenvalue weighted by Gasteiger charge is 2.22. The summed E-state index contributed by atoms with van der Waals surface area (Å²) in [6.45, 7) is 6.50. The Hall–Kier alpha value is -2.83. The molecule has 1 unspecified atom stereocenters. The minimum absolute atomic E-state index is 0.0463. The normalized spacial score (nSPS) is 12.1. The Labute approximate surface area is 181 Å². The summed E-state index contributed by atoms with van der Waals surface area (Å²) >= 11 is 6.42. The Morgan fingerprint density at radius 3 is 2.53 bits per heavy atom. The van der Waals surface area contributed by atoms with Crippen LogP contribution in [0.4, 0.5) is 0 Å². The fraction of sp³-hybridized carbons (Fsp3) is 0.304. The predicted molar refractivity (Wildman–Crippen MR) is 118 cm³/mol. The van der Waals surface area contributed by atoms with Crippen molar-refractivity contribution >= 4 is 17.5 Å². The van der Waals surface area contributed by atoms with Crippen molar-refractivity contribution in [2.24, 2.45) is 0 Å². The highest BCUT2D eigenvalue weighted by atomic mass is 35.5. The lowest BCUT2D eigenvalue weighted by Crippen LogP contribution is -2.38. The third kappa shape index (κ3) is 5.20. The van der Waals surface area contributed by atoms with Gasteiger partial charge >= 0.3 is 0 Å². The van der Waals surface area contributed by atoms with Crippen molar-refractivity contribution in [3.05, 3.63) is 93.3 Å². The zero-order valence-electron chi connectivity index (χ0n) is 17.2. The number of benzene rings is 1. The van der Waals surface area contributed by atoms with Crippen molar-refractivity contribution in [3.63, 3.8) is 0 Å². The Morgan fingerprint density at radius 2 is 1.83 bits per heavy atom. The first-order valence-electron chi connectivity index (χ1n) is 10.0. The van der Waals surface area contributed by atoms with E-state index in [2.05, 4.69) is 24.1 Å². The number of nitrogens with zero attached hydrogens (tertiary/aromatic N) is 2. The molecule has 2 heterocycles. The molecule has 30 heavy (non-hydrogen) atoms. The number of carbonyl (C=O) groups is 1. The molecular formula is C23H26ClN3O3. The van der Waals surface area contributed by atoms with Crippen LogP contribution in [0.1, 0.15) is 41.8 Å². The molecular weight excluding hydrogens is 402 g/mol. The standard InChI is InChI=1S/C23H26ClN3O3/c1-3-26(4-2)20(18-9-5-6-10-19(18)24)15-25-23(29)21-13-12-17(30-21)16-27-14-8-7-11-22(27)28/h5-14,20H,3-4,15-16H2,1-2H3,(H,25,29). The molecule has 2 aromatic heterocycles. The van der Waals surface area contributed by atoms with Crippen LogP contribution in [-0.2, 0) is 6.54 Å². The molecule has 0 saturated heterocycles. The van der Waals surface area contributed by atoms with Gasteiger partial charge in [0.1, 0.15) is 5.76 Å². The molecule has 0 aliphatic carbocycles. The fourth-order valence-corrected chi connectivity index (χ4v) is 3.73. The van der Waals surface area contributed by atoms with E-state index in [1.54, 1.807) is 30.5 Å². The summed E-state index contributed by atoms with van der Waals surface area (Å²) in [6, 6.07) is 15.9. The van der Waals surface area contributed by atoms with Crippen molar-refractivity contribution in [2.75, 3.05) is 19.6 Å². The average molecular weight is 428 g/mol. The number of hydrogen-bond donors (Lipinski definition) is 1. The van der Waals surface area contributed by atoms with E-state index in [1.165, 1.54) is 10.6 Å². The van der Waals surface area contributed by atoms with Crippen molar-refractivity contribution in [1.29, 1.82) is 0 Å². The first kappa shape index (κ1) is 21.9. The van der Waals surface area contributed by atoms with Crippen LogP contribution in [-0.4, -0.2) is 35.0 Å². The fourth-order valence-electron chi connectivity index (χ4n) is 3.47. The van der Waals surface area contributed by atoms with Gasteiger partial charge in [0.25, 0.3) is 11.5 Å². The number of nitrogens with one attached hydrogen (secondary N) is 1. The molecule has 6 nitrogen and oxygen atoms in total. The van der Waals surface area contributed by atoms with Crippen LogP contribution in [0.3, 0.4) is 0 Å². The van der Waals surface area contributed by atoms with Gasteiger partial charge in [-0.25, -0.2) is 0 Å². The lowest BCUT2D eigenvalue weighted by Gasteiger charge is -2.30. The second-order valence-electron chi connectivity index (χ2n) is 6.90. The molecule has 1 amide bonds. The minimum atomic E-state index is -0.300. The van der Waals surface area contributed by atoms with E-state index in [-0.39, 0.29) is 29.8 Å². The number of aromatic nitrogens is 1. The van der Waals surface area contributed by atoms with E-state index >= 15 is 0 Å². The SMILES string of the molecule is CCN(CC)C(CNC(=O)c1ccc(Cn2ccccc2=O)o1)c1ccccc1Cl. The third-order valence-electron chi connectivity index (χ3n) is 5.08. The Morgan fingerprint density at radius 1 is 1.10 bits per heavy atom. The quantitative estimate of drug-likeness (QED) is 0.561. The van der Waals surface area contributed by atoms with E-state index in [9.17, 15) is 9.59 Å². The molecule has 3 rings (SSSR count). The first-order chi connectivity index (χ1) is 14.5. The summed E-state index contributed by atoms with van der Waals surface area (Å²) in [4.78, 5) is 26.8. The van der Waals surface area contributed by atoms with Gasteiger partial charge in [-0.2, -0.15) is 0 Å². The topological polar surface area (TPSA) is 67.5 Å². The summed E-state index contributed by atoms with van der Waals surface area (Å²) in [7, 11) is 0. The zero-order valence-corrected chi connectivity index (χ0v) is 17.9. The Balaban J connectivity index is 1.70. The number of furan rings is 1. The molecule has 0 spiro atoms. The molecule has 7 heteroatoms. The second kappa shape index (κ2) is 10.3. The molecule has 158 valence electrons. The van der Waals surface area contributed by atoms with Gasteiger partial charge in [-0.1, -0.05) is 49.7 Å². The van der Waals surface area contributed by atoms with E-state index in [4.69, 9.17) is 16.0 Å². The van der Waals surface area contributed by atoms with Crippen molar-refractivity contribution in [3.8, 4) is 0 Å². The summed E-state index contributed by atoms with van der Waals surface area (Å²) in [5.74, 6) is 0.456. The van der Waals surface area contributed by atoms with Crippen molar-refractivity contribution in [1.82, 2.24) is 14.8 Å². The molecule has 0 radical (unpaired) electrons. The zero-order chi connectivity index (χ0) is 21.5. The van der Waals surface area contributed by atoms with Gasteiger partial charge in [-0.3, -0.25) is 14.5 Å². The van der Waals surface area contributed by atoms with Crippen LogP contribution < -0.4 is 10.9 Å². The monoisotopic (exact) mass is 427 g/mol. The second-order valence-corrected chi connectivity index (χ2v) is 7.31. The smallest absolute Gasteiger partial charge is 0.287 e. The summed E-state index contributed by atoms with van der Waals surface area (Å²) < 4.78 is 7.19. The van der Waals surface area contributed by atoms with Gasteiger partial charge in [0.05, 0.1) is 12.6 Å². The van der Waals surface area contributed by atoms with Crippen LogP contribution in [0.25, 0.3) is 0 Å². The van der Waals surface area contributed by atoms with E-state index < -0.39 is 0 Å². The maximum absolute atomic E-state index is 12.7. The average Bonchev–Trinajstić information content (AvgIpc) is 3.22. The molecule has 3 aromatic rings. The number of pyridine rings is 1. The highest BCUT2D eigenvalue weighted by molar-refractivity contribution is 6.31. The molecule has 1 aromatic carbocycles. The van der Waals surface area contributed by atoms with Crippen LogP contribution in [0.15, 0.2) is 70.0 Å². The summed E-state index contributed by atoms with van der Waals surface area (Å²) in [5.41, 5.74) is 0.855. The number of hydrogen-bond acceptors (Lipinski definition) is 4. The van der Waals surface area contributed by atoms with E-state index in [1.807, 2.05) is 24.3 Å². The van der Waals surface area contributed by atoms with Crippen LogP contribution in [0.2, 0.25) is 5.02 Å². The van der Waals surface area contributed by atoms with Gasteiger partial charge in [0, 0.05) is 23.8 Å². The van der Waals surface area contributed by atoms with Crippen LogP contribution in [0.5, 0.6) is 0 Å².